The highest BCUT2D eigenvalue weighted by Gasteiger charge is 2.11. The number of nitrogens with zero attached hydrogens (tertiary/aromatic N) is 3. The van der Waals surface area contributed by atoms with Crippen LogP contribution in [0, 0.1) is 18.3 Å². The summed E-state index contributed by atoms with van der Waals surface area (Å²) in [6.45, 7) is 5.03. The SMILES string of the molecule is CCCCCCCCCCCc1nc(C)c(Br)n1CCC#N. The minimum Gasteiger partial charge on any atom is -0.322 e. The van der Waals surface area contributed by atoms with Crippen LogP contribution in [0.25, 0.3) is 0 Å². The van der Waals surface area contributed by atoms with Crippen molar-refractivity contribution in [3.05, 3.63) is 16.1 Å². The first-order valence-electron chi connectivity index (χ1n) is 8.79. The highest BCUT2D eigenvalue weighted by atomic mass is 79.9. The molecule has 0 spiro atoms. The molecule has 0 aliphatic heterocycles. The van der Waals surface area contributed by atoms with Crippen LogP contribution in [0.4, 0.5) is 0 Å². The summed E-state index contributed by atoms with van der Waals surface area (Å²) in [6.07, 6.45) is 13.7. The van der Waals surface area contributed by atoms with Gasteiger partial charge in [0, 0.05) is 13.0 Å². The molecule has 22 heavy (non-hydrogen) atoms. The molecule has 0 aromatic carbocycles. The minimum absolute atomic E-state index is 0.541. The van der Waals surface area contributed by atoms with E-state index in [1.54, 1.807) is 0 Å². The molecule has 0 N–H and O–H groups in total. The molecular formula is C18H30BrN3. The van der Waals surface area contributed by atoms with Gasteiger partial charge in [-0.25, -0.2) is 4.98 Å². The molecule has 1 aromatic heterocycles. The van der Waals surface area contributed by atoms with Gasteiger partial charge in [-0.15, -0.1) is 0 Å². The highest BCUT2D eigenvalue weighted by Crippen LogP contribution is 2.20. The maximum Gasteiger partial charge on any atom is 0.109 e. The Labute approximate surface area is 144 Å². The zero-order valence-corrected chi connectivity index (χ0v) is 15.8. The Morgan fingerprint density at radius 2 is 1.64 bits per heavy atom. The second-order valence-electron chi connectivity index (χ2n) is 6.04. The zero-order valence-electron chi connectivity index (χ0n) is 14.2. The summed E-state index contributed by atoms with van der Waals surface area (Å²) in [6, 6.07) is 2.22. The lowest BCUT2D eigenvalue weighted by atomic mass is 10.1. The maximum absolute atomic E-state index is 8.77. The van der Waals surface area contributed by atoms with Crippen LogP contribution in [-0.2, 0) is 13.0 Å². The zero-order chi connectivity index (χ0) is 16.2. The van der Waals surface area contributed by atoms with Gasteiger partial charge in [0.2, 0.25) is 0 Å². The third-order valence-corrected chi connectivity index (χ3v) is 5.10. The van der Waals surface area contributed by atoms with Crippen LogP contribution in [0.5, 0.6) is 0 Å². The number of hydrogen-bond donors (Lipinski definition) is 0. The lowest BCUT2D eigenvalue weighted by Crippen LogP contribution is -2.04. The normalized spacial score (nSPS) is 10.8. The van der Waals surface area contributed by atoms with Crippen LogP contribution in [0.15, 0.2) is 4.60 Å². The van der Waals surface area contributed by atoms with E-state index in [9.17, 15) is 0 Å². The van der Waals surface area contributed by atoms with Crippen molar-refractivity contribution in [1.29, 1.82) is 5.26 Å². The second kappa shape index (κ2) is 11.7. The maximum atomic E-state index is 8.77. The Morgan fingerprint density at radius 1 is 1.05 bits per heavy atom. The Hall–Kier alpha value is -0.820. The summed E-state index contributed by atoms with van der Waals surface area (Å²) in [5, 5.41) is 8.77. The summed E-state index contributed by atoms with van der Waals surface area (Å²) in [5.41, 5.74) is 1.03. The Bertz CT molecular complexity index is 460. The van der Waals surface area contributed by atoms with Crippen LogP contribution < -0.4 is 0 Å². The average Bonchev–Trinajstić information content (AvgIpc) is 2.78. The van der Waals surface area contributed by atoms with Gasteiger partial charge in [-0.1, -0.05) is 58.3 Å². The van der Waals surface area contributed by atoms with E-state index in [2.05, 4.69) is 38.5 Å². The highest BCUT2D eigenvalue weighted by molar-refractivity contribution is 9.10. The topological polar surface area (TPSA) is 41.6 Å². The van der Waals surface area contributed by atoms with Gasteiger partial charge in [-0.2, -0.15) is 5.26 Å². The van der Waals surface area contributed by atoms with Crippen molar-refractivity contribution in [3.63, 3.8) is 0 Å². The van der Waals surface area contributed by atoms with Gasteiger partial charge in [0.25, 0.3) is 0 Å². The number of rotatable bonds is 12. The van der Waals surface area contributed by atoms with Crippen molar-refractivity contribution in [2.75, 3.05) is 0 Å². The Morgan fingerprint density at radius 3 is 2.23 bits per heavy atom. The van der Waals surface area contributed by atoms with Gasteiger partial charge in [-0.3, -0.25) is 0 Å². The summed E-state index contributed by atoms with van der Waals surface area (Å²) >= 11 is 3.59. The number of aromatic nitrogens is 2. The van der Waals surface area contributed by atoms with Gasteiger partial charge in [0.05, 0.1) is 18.2 Å². The third kappa shape index (κ3) is 6.96. The first kappa shape index (κ1) is 19.2. The summed E-state index contributed by atoms with van der Waals surface area (Å²) < 4.78 is 3.19. The van der Waals surface area contributed by atoms with E-state index in [1.165, 1.54) is 57.8 Å². The van der Waals surface area contributed by atoms with Crippen LogP contribution in [-0.4, -0.2) is 9.55 Å². The lowest BCUT2D eigenvalue weighted by Gasteiger charge is -2.07. The van der Waals surface area contributed by atoms with Crippen molar-refractivity contribution < 1.29 is 0 Å². The molecule has 1 aromatic rings. The van der Waals surface area contributed by atoms with E-state index >= 15 is 0 Å². The van der Waals surface area contributed by atoms with E-state index in [4.69, 9.17) is 5.26 Å². The van der Waals surface area contributed by atoms with Gasteiger partial charge < -0.3 is 4.57 Å². The lowest BCUT2D eigenvalue weighted by molar-refractivity contribution is 0.554. The molecule has 0 aliphatic carbocycles. The predicted molar refractivity (Wildman–Crippen MR) is 95.8 cm³/mol. The van der Waals surface area contributed by atoms with Gasteiger partial charge in [-0.05, 0) is 29.3 Å². The fourth-order valence-electron chi connectivity index (χ4n) is 2.78. The van der Waals surface area contributed by atoms with Crippen molar-refractivity contribution in [3.8, 4) is 6.07 Å². The van der Waals surface area contributed by atoms with E-state index < -0.39 is 0 Å². The number of unbranched alkanes of at least 4 members (excludes halogenated alkanes) is 8. The van der Waals surface area contributed by atoms with E-state index in [1.807, 2.05) is 6.92 Å². The molecular weight excluding hydrogens is 338 g/mol. The predicted octanol–water partition coefficient (Wildman–Crippen LogP) is 5.94. The van der Waals surface area contributed by atoms with Crippen molar-refractivity contribution in [1.82, 2.24) is 9.55 Å². The van der Waals surface area contributed by atoms with Crippen LogP contribution in [0.3, 0.4) is 0 Å². The van der Waals surface area contributed by atoms with Crippen molar-refractivity contribution >= 4 is 15.9 Å². The molecule has 0 unspecified atom stereocenters. The smallest absolute Gasteiger partial charge is 0.109 e. The number of halogens is 1. The first-order chi connectivity index (χ1) is 10.7. The van der Waals surface area contributed by atoms with Crippen LogP contribution in [0.2, 0.25) is 0 Å². The molecule has 0 saturated carbocycles. The van der Waals surface area contributed by atoms with Crippen molar-refractivity contribution in [2.45, 2.75) is 91.0 Å². The molecule has 1 rings (SSSR count). The third-order valence-electron chi connectivity index (χ3n) is 4.10. The number of hydrogen-bond acceptors (Lipinski definition) is 2. The first-order valence-corrected chi connectivity index (χ1v) is 9.58. The molecule has 0 atom stereocenters. The van der Waals surface area contributed by atoms with Gasteiger partial charge in [0.15, 0.2) is 0 Å². The molecule has 0 saturated heterocycles. The van der Waals surface area contributed by atoms with E-state index in [0.29, 0.717) is 6.42 Å². The summed E-state index contributed by atoms with van der Waals surface area (Å²) in [5.74, 6) is 1.13. The molecule has 0 bridgehead atoms. The minimum atomic E-state index is 0.541. The van der Waals surface area contributed by atoms with Crippen LogP contribution >= 0.6 is 15.9 Å². The standard InChI is InChI=1S/C18H30BrN3/c1-3-4-5-6-7-8-9-10-11-13-17-21-16(2)18(19)22(17)15-12-14-20/h3-13,15H2,1-2H3. The van der Waals surface area contributed by atoms with Gasteiger partial charge >= 0.3 is 0 Å². The summed E-state index contributed by atoms with van der Waals surface area (Å²) in [7, 11) is 0. The largest absolute Gasteiger partial charge is 0.322 e. The number of imidazole rings is 1. The average molecular weight is 368 g/mol. The monoisotopic (exact) mass is 367 g/mol. The number of aryl methyl sites for hydroxylation is 2. The molecule has 0 amide bonds. The molecule has 124 valence electrons. The molecule has 0 radical (unpaired) electrons. The molecule has 0 aliphatic rings. The fraction of sp³-hybridized carbons (Fsp3) is 0.778. The fourth-order valence-corrected chi connectivity index (χ4v) is 3.25. The van der Waals surface area contributed by atoms with E-state index in [0.717, 1.165) is 29.1 Å². The molecule has 0 fully saturated rings. The van der Waals surface area contributed by atoms with Crippen molar-refractivity contribution in [2.24, 2.45) is 0 Å². The molecule has 4 heteroatoms. The molecule has 1 heterocycles. The summed E-state index contributed by atoms with van der Waals surface area (Å²) in [4.78, 5) is 4.64. The number of nitriles is 1. The Kier molecular flexibility index (Phi) is 10.2. The quantitative estimate of drug-likeness (QED) is 0.428. The van der Waals surface area contributed by atoms with E-state index in [-0.39, 0.29) is 0 Å². The Balaban J connectivity index is 2.22. The van der Waals surface area contributed by atoms with Crippen LogP contribution in [0.1, 0.15) is 82.7 Å². The molecule has 3 nitrogen and oxygen atoms in total. The second-order valence-corrected chi connectivity index (χ2v) is 6.79. The van der Waals surface area contributed by atoms with Gasteiger partial charge in [0.1, 0.15) is 10.4 Å².